The van der Waals surface area contributed by atoms with Gasteiger partial charge in [0.15, 0.2) is 0 Å². The molecule has 0 bridgehead atoms. The van der Waals surface area contributed by atoms with Gasteiger partial charge in [-0.1, -0.05) is 18.2 Å². The lowest BCUT2D eigenvalue weighted by molar-refractivity contribution is -0.131. The number of carbonyl (C=O) groups is 1. The second kappa shape index (κ2) is 7.37. The van der Waals surface area contributed by atoms with E-state index in [9.17, 15) is 4.79 Å². The molecule has 0 spiro atoms. The molecule has 0 unspecified atom stereocenters. The zero-order valence-electron chi connectivity index (χ0n) is 14.0. The molecule has 126 valence electrons. The van der Waals surface area contributed by atoms with Crippen molar-refractivity contribution in [2.45, 2.75) is 31.8 Å². The van der Waals surface area contributed by atoms with Gasteiger partial charge in [0.1, 0.15) is 5.75 Å². The van der Waals surface area contributed by atoms with E-state index < -0.39 is 0 Å². The molecule has 3 rings (SSSR count). The van der Waals surface area contributed by atoms with E-state index in [-0.39, 0.29) is 24.4 Å². The van der Waals surface area contributed by atoms with Crippen LogP contribution >= 0.6 is 12.4 Å². The lowest BCUT2D eigenvalue weighted by Crippen LogP contribution is -2.48. The molecule has 1 aromatic rings. The van der Waals surface area contributed by atoms with E-state index in [1.807, 2.05) is 18.0 Å². The summed E-state index contributed by atoms with van der Waals surface area (Å²) in [6, 6.07) is 6.75. The van der Waals surface area contributed by atoms with Crippen LogP contribution in [0.15, 0.2) is 30.4 Å². The molecule has 1 aromatic carbocycles. The molecule has 5 heteroatoms. The Hall–Kier alpha value is -1.52. The van der Waals surface area contributed by atoms with Crippen LogP contribution in [0.1, 0.15) is 30.5 Å². The third-order valence-corrected chi connectivity index (χ3v) is 4.97. The number of fused-ring (bicyclic) bond motifs is 1. The van der Waals surface area contributed by atoms with Crippen molar-refractivity contribution in [3.05, 3.63) is 41.5 Å². The quantitative estimate of drug-likeness (QED) is 0.796. The topological polar surface area (TPSA) is 32.8 Å². The average Bonchev–Trinajstić information content (AvgIpc) is 3.06. The van der Waals surface area contributed by atoms with Gasteiger partial charge < -0.3 is 9.64 Å². The van der Waals surface area contributed by atoms with Crippen LogP contribution in [-0.2, 0) is 11.2 Å². The van der Waals surface area contributed by atoms with Crippen LogP contribution in [0.5, 0.6) is 5.75 Å². The molecule has 0 fully saturated rings. The monoisotopic (exact) mass is 336 g/mol. The number of hydrogen-bond acceptors (Lipinski definition) is 3. The van der Waals surface area contributed by atoms with Gasteiger partial charge in [-0.2, -0.15) is 0 Å². The van der Waals surface area contributed by atoms with Crippen molar-refractivity contribution < 1.29 is 9.53 Å². The summed E-state index contributed by atoms with van der Waals surface area (Å²) in [6.45, 7) is 3.62. The molecule has 4 nitrogen and oxygen atoms in total. The number of nitrogens with zero attached hydrogens (tertiary/aromatic N) is 2. The molecule has 1 amide bonds. The molecule has 0 saturated carbocycles. The van der Waals surface area contributed by atoms with Crippen molar-refractivity contribution in [2.75, 3.05) is 27.2 Å². The Kier molecular flexibility index (Phi) is 5.71. The molecule has 0 N–H and O–H groups in total. The molecule has 1 aliphatic heterocycles. The van der Waals surface area contributed by atoms with Crippen LogP contribution in [0, 0.1) is 0 Å². The van der Waals surface area contributed by atoms with Crippen molar-refractivity contribution in [3.63, 3.8) is 0 Å². The number of carbonyl (C=O) groups excluding carboxylic acids is 1. The summed E-state index contributed by atoms with van der Waals surface area (Å²) in [5.74, 6) is 1.01. The number of methoxy groups -OCH3 is 1. The standard InChI is InChI=1S/C18H24N2O2.ClH/c1-13(21)19(2)18-16-8-7-15(22-3)12-14(16)6-9-17(18)20-10-4-5-11-20;/h4-5,7-8,12,17-18H,6,9-11H2,1-3H3;1H/t17-,18-;/m0./s1. The first kappa shape index (κ1) is 17.8. The minimum absolute atomic E-state index is 0. The van der Waals surface area contributed by atoms with Crippen LogP contribution < -0.4 is 4.74 Å². The van der Waals surface area contributed by atoms with Crippen molar-refractivity contribution >= 4 is 18.3 Å². The van der Waals surface area contributed by atoms with E-state index in [1.165, 1.54) is 11.1 Å². The zero-order valence-corrected chi connectivity index (χ0v) is 14.8. The number of halogens is 1. The predicted octanol–water partition coefficient (Wildman–Crippen LogP) is 2.82. The Balaban J connectivity index is 0.00000192. The van der Waals surface area contributed by atoms with Crippen molar-refractivity contribution in [3.8, 4) is 5.75 Å². The van der Waals surface area contributed by atoms with Gasteiger partial charge >= 0.3 is 0 Å². The second-order valence-corrected chi connectivity index (χ2v) is 6.17. The number of hydrogen-bond donors (Lipinski definition) is 0. The Morgan fingerprint density at radius 1 is 1.30 bits per heavy atom. The molecule has 2 atom stereocenters. The van der Waals surface area contributed by atoms with E-state index in [0.29, 0.717) is 6.04 Å². The molecular weight excluding hydrogens is 312 g/mol. The smallest absolute Gasteiger partial charge is 0.219 e. The Bertz CT molecular complexity index is 595. The van der Waals surface area contributed by atoms with Gasteiger partial charge in [-0.05, 0) is 36.1 Å². The lowest BCUT2D eigenvalue weighted by Gasteiger charge is -2.43. The number of likely N-dealkylation sites (N-methyl/N-ethyl adjacent to an activating group) is 1. The van der Waals surface area contributed by atoms with Crippen molar-refractivity contribution in [1.82, 2.24) is 9.80 Å². The summed E-state index contributed by atoms with van der Waals surface area (Å²) in [4.78, 5) is 16.4. The van der Waals surface area contributed by atoms with E-state index in [1.54, 1.807) is 14.0 Å². The fourth-order valence-electron chi connectivity index (χ4n) is 3.69. The number of aryl methyl sites for hydroxylation is 1. The molecule has 0 saturated heterocycles. The normalized spacial score (nSPS) is 23.1. The zero-order chi connectivity index (χ0) is 15.7. The summed E-state index contributed by atoms with van der Waals surface area (Å²) in [5.41, 5.74) is 2.57. The van der Waals surface area contributed by atoms with Crippen molar-refractivity contribution in [2.24, 2.45) is 0 Å². The molecule has 1 heterocycles. The highest BCUT2D eigenvalue weighted by Gasteiger charge is 2.37. The van der Waals surface area contributed by atoms with E-state index >= 15 is 0 Å². The summed E-state index contributed by atoms with van der Waals surface area (Å²) in [5, 5.41) is 0. The number of rotatable bonds is 3. The maximum absolute atomic E-state index is 12.0. The average molecular weight is 337 g/mol. The highest BCUT2D eigenvalue weighted by Crippen LogP contribution is 2.38. The summed E-state index contributed by atoms with van der Waals surface area (Å²) in [7, 11) is 3.62. The maximum atomic E-state index is 12.0. The number of ether oxygens (including phenoxy) is 1. The Labute approximate surface area is 144 Å². The highest BCUT2D eigenvalue weighted by atomic mass is 35.5. The lowest BCUT2D eigenvalue weighted by atomic mass is 9.82. The molecule has 0 radical (unpaired) electrons. The summed E-state index contributed by atoms with van der Waals surface area (Å²) < 4.78 is 5.35. The third-order valence-electron chi connectivity index (χ3n) is 4.97. The second-order valence-electron chi connectivity index (χ2n) is 6.17. The first-order valence-corrected chi connectivity index (χ1v) is 7.91. The Morgan fingerprint density at radius 3 is 2.61 bits per heavy atom. The Morgan fingerprint density at radius 2 is 2.00 bits per heavy atom. The first-order chi connectivity index (χ1) is 10.6. The van der Waals surface area contributed by atoms with Gasteiger partial charge in [-0.15, -0.1) is 12.4 Å². The molecule has 1 aliphatic carbocycles. The van der Waals surface area contributed by atoms with Crippen LogP contribution in [0.25, 0.3) is 0 Å². The molecule has 23 heavy (non-hydrogen) atoms. The van der Waals surface area contributed by atoms with Crippen LogP contribution in [0.3, 0.4) is 0 Å². The minimum Gasteiger partial charge on any atom is -0.497 e. The fourth-order valence-corrected chi connectivity index (χ4v) is 3.69. The van der Waals surface area contributed by atoms with Gasteiger partial charge in [0.05, 0.1) is 13.2 Å². The third kappa shape index (κ3) is 3.38. The van der Waals surface area contributed by atoms with Crippen LogP contribution in [0.4, 0.5) is 0 Å². The van der Waals surface area contributed by atoms with Gasteiger partial charge in [-0.3, -0.25) is 9.69 Å². The highest BCUT2D eigenvalue weighted by molar-refractivity contribution is 5.85. The summed E-state index contributed by atoms with van der Waals surface area (Å²) in [6.07, 6.45) is 6.54. The molecular formula is C18H25ClN2O2. The van der Waals surface area contributed by atoms with E-state index in [2.05, 4.69) is 29.2 Å². The predicted molar refractivity (Wildman–Crippen MR) is 94.2 cm³/mol. The van der Waals surface area contributed by atoms with E-state index in [4.69, 9.17) is 4.74 Å². The molecule has 2 aliphatic rings. The van der Waals surface area contributed by atoms with Gasteiger partial charge in [-0.25, -0.2) is 0 Å². The van der Waals surface area contributed by atoms with Gasteiger partial charge in [0.25, 0.3) is 0 Å². The molecule has 0 aromatic heterocycles. The van der Waals surface area contributed by atoms with Crippen LogP contribution in [-0.4, -0.2) is 49.0 Å². The van der Waals surface area contributed by atoms with Crippen LogP contribution in [0.2, 0.25) is 0 Å². The van der Waals surface area contributed by atoms with E-state index in [0.717, 1.165) is 31.7 Å². The van der Waals surface area contributed by atoms with Crippen molar-refractivity contribution in [1.29, 1.82) is 0 Å². The maximum Gasteiger partial charge on any atom is 0.219 e. The summed E-state index contributed by atoms with van der Waals surface area (Å²) >= 11 is 0. The fraction of sp³-hybridized carbons (Fsp3) is 0.500. The SMILES string of the molecule is COc1ccc2c(c1)CC[C@H](N1CC=CC1)[C@H]2N(C)C(C)=O.Cl. The number of benzene rings is 1. The largest absolute Gasteiger partial charge is 0.497 e. The van der Waals surface area contributed by atoms with Gasteiger partial charge in [0, 0.05) is 33.1 Å². The minimum atomic E-state index is 0. The number of amides is 1. The first-order valence-electron chi connectivity index (χ1n) is 7.91. The van der Waals surface area contributed by atoms with Gasteiger partial charge in [0.2, 0.25) is 5.91 Å².